The van der Waals surface area contributed by atoms with E-state index in [9.17, 15) is 23.3 Å². The number of carbonyl (C=O) groups is 1. The fourth-order valence-electron chi connectivity index (χ4n) is 3.78. The Morgan fingerprint density at radius 1 is 1.19 bits per heavy atom. The van der Waals surface area contributed by atoms with Gasteiger partial charge < -0.3 is 9.88 Å². The molecule has 1 amide bonds. The first-order valence-corrected chi connectivity index (χ1v) is 11.6. The van der Waals surface area contributed by atoms with Gasteiger partial charge in [0.25, 0.3) is 5.56 Å². The lowest BCUT2D eigenvalue weighted by Crippen LogP contribution is -2.50. The van der Waals surface area contributed by atoms with Gasteiger partial charge in [0.1, 0.15) is 16.5 Å². The predicted octanol–water partition coefficient (Wildman–Crippen LogP) is 1.98. The number of nitrogens with zero attached hydrogens (tertiary/aromatic N) is 3. The third-order valence-corrected chi connectivity index (χ3v) is 7.95. The zero-order chi connectivity index (χ0) is 22.8. The number of hydrogen-bond donors (Lipinski definition) is 1. The van der Waals surface area contributed by atoms with Crippen molar-refractivity contribution in [2.24, 2.45) is 0 Å². The molecule has 2 aromatic rings. The molecule has 1 N–H and O–H groups in total. The summed E-state index contributed by atoms with van der Waals surface area (Å²) >= 11 is 6.05. The molecule has 0 saturated carbocycles. The van der Waals surface area contributed by atoms with E-state index in [0.717, 1.165) is 5.56 Å². The third kappa shape index (κ3) is 4.66. The van der Waals surface area contributed by atoms with E-state index < -0.39 is 15.6 Å². The number of rotatable bonds is 5. The molecule has 1 aromatic carbocycles. The van der Waals surface area contributed by atoms with E-state index in [1.807, 2.05) is 6.07 Å². The van der Waals surface area contributed by atoms with Crippen LogP contribution in [0.3, 0.4) is 0 Å². The van der Waals surface area contributed by atoms with Crippen molar-refractivity contribution in [1.82, 2.24) is 14.2 Å². The van der Waals surface area contributed by atoms with Gasteiger partial charge in [-0.05, 0) is 43.5 Å². The standard InChI is InChI=1S/C21H23ClN4O4S/c1-14-16(15(2)24-21(28)17(14)13-23)7-8-20(27)25-9-11-26(12-10-25)31(29,30)19-6-4-3-5-18(19)22/h3-6H,7-12H2,1-2H3,(H,24,28). The predicted molar refractivity (Wildman–Crippen MR) is 116 cm³/mol. The number of aromatic nitrogens is 1. The second-order valence-electron chi connectivity index (χ2n) is 7.38. The molecule has 31 heavy (non-hydrogen) atoms. The van der Waals surface area contributed by atoms with E-state index in [1.54, 1.807) is 30.9 Å². The summed E-state index contributed by atoms with van der Waals surface area (Å²) in [6, 6.07) is 8.21. The zero-order valence-corrected chi connectivity index (χ0v) is 18.9. The van der Waals surface area contributed by atoms with Gasteiger partial charge in [-0.25, -0.2) is 8.42 Å². The number of halogens is 1. The van der Waals surface area contributed by atoms with Crippen molar-refractivity contribution in [2.45, 2.75) is 31.6 Å². The fraction of sp³-hybridized carbons (Fsp3) is 0.381. The normalized spacial score (nSPS) is 15.0. The highest BCUT2D eigenvalue weighted by Crippen LogP contribution is 2.25. The van der Waals surface area contributed by atoms with Crippen molar-refractivity contribution < 1.29 is 13.2 Å². The van der Waals surface area contributed by atoms with Crippen molar-refractivity contribution in [1.29, 1.82) is 5.26 Å². The molecule has 1 aromatic heterocycles. The van der Waals surface area contributed by atoms with Crippen LogP contribution in [0.15, 0.2) is 34.0 Å². The van der Waals surface area contributed by atoms with E-state index in [4.69, 9.17) is 11.6 Å². The minimum absolute atomic E-state index is 0.0615. The Kier molecular flexibility index (Phi) is 6.84. The molecule has 2 heterocycles. The number of nitriles is 1. The highest BCUT2D eigenvalue weighted by Gasteiger charge is 2.31. The molecule has 1 saturated heterocycles. The molecule has 0 radical (unpaired) electrons. The number of sulfonamides is 1. The van der Waals surface area contributed by atoms with Gasteiger partial charge in [0, 0.05) is 38.3 Å². The van der Waals surface area contributed by atoms with Gasteiger partial charge in [0.2, 0.25) is 15.9 Å². The van der Waals surface area contributed by atoms with Gasteiger partial charge >= 0.3 is 0 Å². The second kappa shape index (κ2) is 9.22. The van der Waals surface area contributed by atoms with Gasteiger partial charge in [0.05, 0.1) is 5.02 Å². The Hall–Kier alpha value is -2.67. The topological polar surface area (TPSA) is 114 Å². The summed E-state index contributed by atoms with van der Waals surface area (Å²) < 4.78 is 27.0. The number of carbonyl (C=O) groups excluding carboxylic acids is 1. The first-order chi connectivity index (χ1) is 14.7. The number of H-pyrrole nitrogens is 1. The lowest BCUT2D eigenvalue weighted by atomic mass is 9.99. The van der Waals surface area contributed by atoms with E-state index in [2.05, 4.69) is 4.98 Å². The number of benzene rings is 1. The lowest BCUT2D eigenvalue weighted by molar-refractivity contribution is -0.132. The molecule has 1 aliphatic rings. The van der Waals surface area contributed by atoms with Crippen molar-refractivity contribution in [3.63, 3.8) is 0 Å². The highest BCUT2D eigenvalue weighted by molar-refractivity contribution is 7.89. The Morgan fingerprint density at radius 2 is 1.84 bits per heavy atom. The smallest absolute Gasteiger partial charge is 0.266 e. The minimum atomic E-state index is -3.72. The number of nitrogens with one attached hydrogen (secondary N) is 1. The maximum absolute atomic E-state index is 12.8. The number of aromatic amines is 1. The molecule has 3 rings (SSSR count). The zero-order valence-electron chi connectivity index (χ0n) is 17.3. The van der Waals surface area contributed by atoms with Crippen LogP contribution in [0.5, 0.6) is 0 Å². The van der Waals surface area contributed by atoms with Gasteiger partial charge in [-0.3, -0.25) is 9.59 Å². The Morgan fingerprint density at radius 3 is 2.45 bits per heavy atom. The summed E-state index contributed by atoms with van der Waals surface area (Å²) in [6.07, 6.45) is 0.593. The quantitative estimate of drug-likeness (QED) is 0.729. The second-order valence-corrected chi connectivity index (χ2v) is 9.70. The Bertz CT molecular complexity index is 1210. The summed E-state index contributed by atoms with van der Waals surface area (Å²) in [5, 5.41) is 9.35. The molecular formula is C21H23ClN4O4S. The average molecular weight is 463 g/mol. The van der Waals surface area contributed by atoms with Gasteiger partial charge in [-0.2, -0.15) is 9.57 Å². The van der Waals surface area contributed by atoms with E-state index >= 15 is 0 Å². The highest BCUT2D eigenvalue weighted by atomic mass is 35.5. The van der Waals surface area contributed by atoms with Crippen LogP contribution in [0.2, 0.25) is 5.02 Å². The summed E-state index contributed by atoms with van der Waals surface area (Å²) in [7, 11) is -3.72. The molecular weight excluding hydrogens is 440 g/mol. The summed E-state index contributed by atoms with van der Waals surface area (Å²) in [6.45, 7) is 4.40. The van der Waals surface area contributed by atoms with Crippen LogP contribution in [0, 0.1) is 25.2 Å². The first kappa shape index (κ1) is 23.0. The van der Waals surface area contributed by atoms with Crippen molar-refractivity contribution in [3.8, 4) is 6.07 Å². The number of amides is 1. The van der Waals surface area contributed by atoms with Gasteiger partial charge in [-0.15, -0.1) is 0 Å². The van der Waals surface area contributed by atoms with E-state index in [1.165, 1.54) is 16.4 Å². The molecule has 8 nitrogen and oxygen atoms in total. The van der Waals surface area contributed by atoms with Crippen molar-refractivity contribution in [2.75, 3.05) is 26.2 Å². The lowest BCUT2D eigenvalue weighted by Gasteiger charge is -2.34. The van der Waals surface area contributed by atoms with Crippen LogP contribution in [0.4, 0.5) is 0 Å². The molecule has 0 atom stereocenters. The van der Waals surface area contributed by atoms with Crippen LogP contribution in [0.25, 0.3) is 0 Å². The number of pyridine rings is 1. The fourth-order valence-corrected chi connectivity index (χ4v) is 5.70. The van der Waals surface area contributed by atoms with Crippen LogP contribution in [-0.4, -0.2) is 54.7 Å². The Balaban J connectivity index is 1.64. The molecule has 0 bridgehead atoms. The van der Waals surface area contributed by atoms with Gasteiger partial charge in [0.15, 0.2) is 0 Å². The molecule has 0 spiro atoms. The van der Waals surface area contributed by atoms with Crippen LogP contribution in [0.1, 0.15) is 28.8 Å². The third-order valence-electron chi connectivity index (χ3n) is 5.55. The first-order valence-electron chi connectivity index (χ1n) is 9.81. The van der Waals surface area contributed by atoms with Crippen LogP contribution in [-0.2, 0) is 21.2 Å². The van der Waals surface area contributed by atoms with Crippen molar-refractivity contribution >= 4 is 27.5 Å². The minimum Gasteiger partial charge on any atom is -0.340 e. The van der Waals surface area contributed by atoms with Crippen LogP contribution < -0.4 is 5.56 Å². The SMILES string of the molecule is Cc1[nH]c(=O)c(C#N)c(C)c1CCC(=O)N1CCN(S(=O)(=O)c2ccccc2Cl)CC1. The number of aryl methyl sites for hydroxylation is 1. The Labute approximate surface area is 186 Å². The maximum atomic E-state index is 12.8. The van der Waals surface area contributed by atoms with Gasteiger partial charge in [-0.1, -0.05) is 23.7 Å². The molecule has 1 aliphatic heterocycles. The molecule has 10 heteroatoms. The summed E-state index contributed by atoms with van der Waals surface area (Å²) in [5.74, 6) is -0.0988. The van der Waals surface area contributed by atoms with Crippen molar-refractivity contribution in [3.05, 3.63) is 62.0 Å². The molecule has 0 unspecified atom stereocenters. The summed E-state index contributed by atoms with van der Waals surface area (Å²) in [5.41, 5.74) is 1.65. The average Bonchev–Trinajstić information content (AvgIpc) is 2.73. The molecule has 1 fully saturated rings. The monoisotopic (exact) mass is 462 g/mol. The maximum Gasteiger partial charge on any atom is 0.266 e. The van der Waals surface area contributed by atoms with E-state index in [-0.39, 0.29) is 54.0 Å². The molecule has 164 valence electrons. The van der Waals surface area contributed by atoms with E-state index in [0.29, 0.717) is 17.7 Å². The number of hydrogen-bond acceptors (Lipinski definition) is 5. The largest absolute Gasteiger partial charge is 0.340 e. The van der Waals surface area contributed by atoms with Crippen LogP contribution >= 0.6 is 11.6 Å². The molecule has 0 aliphatic carbocycles. The summed E-state index contributed by atoms with van der Waals surface area (Å²) in [4.78, 5) is 28.9. The number of piperazine rings is 1.